The Kier molecular flexibility index (Phi) is 5.12. The SMILES string of the molecule is O=C(COc1ccc(Cl)cc1)Nc1ccccc1-c1cn2c(n1)CCCC2. The first kappa shape index (κ1) is 17.6. The molecule has 5 nitrogen and oxygen atoms in total. The van der Waals surface area contributed by atoms with Gasteiger partial charge in [0.25, 0.3) is 5.91 Å². The van der Waals surface area contributed by atoms with Gasteiger partial charge in [0.05, 0.1) is 11.4 Å². The first-order valence-electron chi connectivity index (χ1n) is 9.03. The average Bonchev–Trinajstić information content (AvgIpc) is 3.12. The van der Waals surface area contributed by atoms with Gasteiger partial charge in [0.2, 0.25) is 0 Å². The van der Waals surface area contributed by atoms with Crippen molar-refractivity contribution < 1.29 is 9.53 Å². The smallest absolute Gasteiger partial charge is 0.262 e. The van der Waals surface area contributed by atoms with E-state index in [1.807, 2.05) is 24.3 Å². The van der Waals surface area contributed by atoms with Crippen LogP contribution in [0.5, 0.6) is 5.75 Å². The fraction of sp³-hybridized carbons (Fsp3) is 0.238. The summed E-state index contributed by atoms with van der Waals surface area (Å²) in [4.78, 5) is 17.1. The van der Waals surface area contributed by atoms with Gasteiger partial charge in [-0.3, -0.25) is 4.79 Å². The number of carbonyl (C=O) groups excluding carboxylic acids is 1. The van der Waals surface area contributed by atoms with Crippen LogP contribution in [0.2, 0.25) is 5.02 Å². The lowest BCUT2D eigenvalue weighted by Crippen LogP contribution is -2.20. The number of para-hydroxylation sites is 1. The van der Waals surface area contributed by atoms with E-state index in [0.717, 1.165) is 35.7 Å². The number of carbonyl (C=O) groups is 1. The minimum atomic E-state index is -0.221. The van der Waals surface area contributed by atoms with Crippen LogP contribution in [-0.2, 0) is 17.8 Å². The minimum Gasteiger partial charge on any atom is -0.484 e. The molecule has 0 atom stereocenters. The molecule has 1 aliphatic heterocycles. The van der Waals surface area contributed by atoms with E-state index in [-0.39, 0.29) is 12.5 Å². The van der Waals surface area contributed by atoms with Crippen LogP contribution in [0.15, 0.2) is 54.7 Å². The number of hydrogen-bond donors (Lipinski definition) is 1. The summed E-state index contributed by atoms with van der Waals surface area (Å²) in [6.45, 7) is 0.932. The van der Waals surface area contributed by atoms with Crippen LogP contribution >= 0.6 is 11.6 Å². The van der Waals surface area contributed by atoms with Crippen LogP contribution in [0.1, 0.15) is 18.7 Å². The fourth-order valence-electron chi connectivity index (χ4n) is 3.22. The predicted molar refractivity (Wildman–Crippen MR) is 106 cm³/mol. The third-order valence-electron chi connectivity index (χ3n) is 4.57. The van der Waals surface area contributed by atoms with Crippen molar-refractivity contribution in [2.45, 2.75) is 25.8 Å². The molecule has 1 aromatic heterocycles. The van der Waals surface area contributed by atoms with Crippen molar-refractivity contribution in [2.24, 2.45) is 0 Å². The number of nitrogens with one attached hydrogen (secondary N) is 1. The largest absolute Gasteiger partial charge is 0.484 e. The summed E-state index contributed by atoms with van der Waals surface area (Å²) >= 11 is 5.85. The molecule has 0 saturated carbocycles. The summed E-state index contributed by atoms with van der Waals surface area (Å²) in [7, 11) is 0. The molecule has 0 bridgehead atoms. The number of imidazole rings is 1. The number of benzene rings is 2. The van der Waals surface area contributed by atoms with E-state index in [0.29, 0.717) is 10.8 Å². The number of amides is 1. The molecule has 0 fully saturated rings. The number of ether oxygens (including phenoxy) is 1. The summed E-state index contributed by atoms with van der Waals surface area (Å²) in [6, 6.07) is 14.6. The summed E-state index contributed by atoms with van der Waals surface area (Å²) in [5.41, 5.74) is 2.54. The van der Waals surface area contributed by atoms with E-state index in [9.17, 15) is 4.79 Å². The molecule has 1 amide bonds. The van der Waals surface area contributed by atoms with Gasteiger partial charge >= 0.3 is 0 Å². The Hall–Kier alpha value is -2.79. The Balaban J connectivity index is 1.47. The number of nitrogens with zero attached hydrogens (tertiary/aromatic N) is 2. The monoisotopic (exact) mass is 381 g/mol. The normalized spacial score (nSPS) is 13.1. The fourth-order valence-corrected chi connectivity index (χ4v) is 3.35. The first-order chi connectivity index (χ1) is 13.2. The molecule has 0 unspecified atom stereocenters. The Bertz CT molecular complexity index is 927. The molecule has 0 aliphatic carbocycles. The maximum absolute atomic E-state index is 12.3. The van der Waals surface area contributed by atoms with E-state index in [4.69, 9.17) is 21.3 Å². The topological polar surface area (TPSA) is 56.1 Å². The number of aromatic nitrogens is 2. The van der Waals surface area contributed by atoms with Gasteiger partial charge in [-0.1, -0.05) is 29.8 Å². The first-order valence-corrected chi connectivity index (χ1v) is 9.40. The molecule has 2 heterocycles. The molecule has 0 radical (unpaired) electrons. The van der Waals surface area contributed by atoms with Crippen molar-refractivity contribution in [2.75, 3.05) is 11.9 Å². The molecule has 3 aromatic rings. The van der Waals surface area contributed by atoms with Gasteiger partial charge in [-0.2, -0.15) is 0 Å². The number of fused-ring (bicyclic) bond motifs is 1. The highest BCUT2D eigenvalue weighted by Crippen LogP contribution is 2.29. The zero-order valence-electron chi connectivity index (χ0n) is 14.8. The van der Waals surface area contributed by atoms with Gasteiger partial charge in [-0.25, -0.2) is 4.98 Å². The van der Waals surface area contributed by atoms with Gasteiger partial charge in [0.15, 0.2) is 6.61 Å². The molecule has 4 rings (SSSR count). The quantitative estimate of drug-likeness (QED) is 0.705. The van der Waals surface area contributed by atoms with Crippen molar-refractivity contribution in [3.05, 3.63) is 65.6 Å². The Morgan fingerprint density at radius 1 is 1.15 bits per heavy atom. The second-order valence-corrected chi connectivity index (χ2v) is 6.97. The molecule has 0 saturated heterocycles. The lowest BCUT2D eigenvalue weighted by molar-refractivity contribution is -0.118. The second-order valence-electron chi connectivity index (χ2n) is 6.53. The van der Waals surface area contributed by atoms with Gasteiger partial charge in [0, 0.05) is 29.7 Å². The van der Waals surface area contributed by atoms with Gasteiger partial charge in [0.1, 0.15) is 11.6 Å². The van der Waals surface area contributed by atoms with Crippen molar-refractivity contribution in [1.29, 1.82) is 0 Å². The lowest BCUT2D eigenvalue weighted by Gasteiger charge is -2.11. The zero-order valence-corrected chi connectivity index (χ0v) is 15.6. The van der Waals surface area contributed by atoms with Crippen LogP contribution in [0.3, 0.4) is 0 Å². The van der Waals surface area contributed by atoms with Crippen LogP contribution in [0.4, 0.5) is 5.69 Å². The Morgan fingerprint density at radius 3 is 2.78 bits per heavy atom. The summed E-state index contributed by atoms with van der Waals surface area (Å²) in [5.74, 6) is 1.49. The van der Waals surface area contributed by atoms with Crippen LogP contribution in [-0.4, -0.2) is 22.1 Å². The van der Waals surface area contributed by atoms with Crippen molar-refractivity contribution in [1.82, 2.24) is 9.55 Å². The van der Waals surface area contributed by atoms with Gasteiger partial charge in [-0.15, -0.1) is 0 Å². The standard InChI is InChI=1S/C21H20ClN3O2/c22-15-8-10-16(11-9-15)27-14-21(26)24-18-6-2-1-5-17(18)19-13-25-12-4-3-7-20(25)23-19/h1-2,5-6,8-11,13H,3-4,7,12,14H2,(H,24,26). The third-order valence-corrected chi connectivity index (χ3v) is 4.82. The maximum atomic E-state index is 12.3. The molecule has 2 aromatic carbocycles. The average molecular weight is 382 g/mol. The third kappa shape index (κ3) is 4.14. The molecule has 138 valence electrons. The van der Waals surface area contributed by atoms with Crippen molar-refractivity contribution >= 4 is 23.2 Å². The van der Waals surface area contributed by atoms with E-state index in [2.05, 4.69) is 16.1 Å². The van der Waals surface area contributed by atoms with Crippen LogP contribution in [0.25, 0.3) is 11.3 Å². The van der Waals surface area contributed by atoms with Gasteiger partial charge in [-0.05, 0) is 43.2 Å². The highest BCUT2D eigenvalue weighted by molar-refractivity contribution is 6.30. The van der Waals surface area contributed by atoms with Crippen molar-refractivity contribution in [3.8, 4) is 17.0 Å². The molecule has 6 heteroatoms. The van der Waals surface area contributed by atoms with Crippen molar-refractivity contribution in [3.63, 3.8) is 0 Å². The Labute approximate surface area is 162 Å². The summed E-state index contributed by atoms with van der Waals surface area (Å²) in [6.07, 6.45) is 5.44. The summed E-state index contributed by atoms with van der Waals surface area (Å²) in [5, 5.41) is 3.56. The minimum absolute atomic E-state index is 0.0738. The number of hydrogen-bond acceptors (Lipinski definition) is 3. The highest BCUT2D eigenvalue weighted by atomic mass is 35.5. The zero-order chi connectivity index (χ0) is 18.6. The molecular weight excluding hydrogens is 362 g/mol. The van der Waals surface area contributed by atoms with E-state index in [1.165, 1.54) is 12.8 Å². The number of rotatable bonds is 5. The number of anilines is 1. The van der Waals surface area contributed by atoms with E-state index < -0.39 is 0 Å². The lowest BCUT2D eigenvalue weighted by atomic mass is 10.1. The van der Waals surface area contributed by atoms with E-state index in [1.54, 1.807) is 24.3 Å². The van der Waals surface area contributed by atoms with Crippen LogP contribution in [0, 0.1) is 0 Å². The Morgan fingerprint density at radius 2 is 1.96 bits per heavy atom. The molecule has 1 N–H and O–H groups in total. The van der Waals surface area contributed by atoms with E-state index >= 15 is 0 Å². The molecule has 0 spiro atoms. The predicted octanol–water partition coefficient (Wildman–Crippen LogP) is 4.56. The van der Waals surface area contributed by atoms with Gasteiger partial charge < -0.3 is 14.6 Å². The summed E-state index contributed by atoms with van der Waals surface area (Å²) < 4.78 is 7.73. The second kappa shape index (κ2) is 7.84. The maximum Gasteiger partial charge on any atom is 0.262 e. The highest BCUT2D eigenvalue weighted by Gasteiger charge is 2.16. The van der Waals surface area contributed by atoms with Crippen LogP contribution < -0.4 is 10.1 Å². The number of halogens is 1. The molecule has 27 heavy (non-hydrogen) atoms. The molecule has 1 aliphatic rings. The number of aryl methyl sites for hydroxylation is 2. The molecular formula is C21H20ClN3O2.